The Kier molecular flexibility index (Phi) is 4.60. The van der Waals surface area contributed by atoms with Gasteiger partial charge in [0.25, 0.3) is 0 Å². The number of benzene rings is 2. The lowest BCUT2D eigenvalue weighted by molar-refractivity contribution is 0.129. The van der Waals surface area contributed by atoms with Crippen LogP contribution in [0.5, 0.6) is 0 Å². The Labute approximate surface area is 157 Å². The molecule has 1 aliphatic rings. The number of carbonyl (C=O) groups is 1. The zero-order valence-electron chi connectivity index (χ0n) is 16.8. The van der Waals surface area contributed by atoms with E-state index in [-0.39, 0.29) is 23.2 Å². The number of hydrogen-bond acceptors (Lipinski definition) is 1. The molecule has 138 valence electrons. The molecule has 26 heavy (non-hydrogen) atoms. The van der Waals surface area contributed by atoms with E-state index in [9.17, 15) is 4.79 Å². The molecule has 1 unspecified atom stereocenters. The molecule has 1 fully saturated rings. The van der Waals surface area contributed by atoms with Crippen molar-refractivity contribution in [3.05, 3.63) is 54.1 Å². The summed E-state index contributed by atoms with van der Waals surface area (Å²) in [5.74, 6) is 0. The average Bonchev–Trinajstić information content (AvgIpc) is 2.89. The second-order valence-corrected chi connectivity index (χ2v) is 9.14. The zero-order chi connectivity index (χ0) is 19.1. The van der Waals surface area contributed by atoms with Gasteiger partial charge in [-0.2, -0.15) is 0 Å². The Morgan fingerprint density at radius 2 is 1.58 bits per heavy atom. The minimum atomic E-state index is -0.213. The summed E-state index contributed by atoms with van der Waals surface area (Å²) < 4.78 is 0. The Hall–Kier alpha value is -2.29. The van der Waals surface area contributed by atoms with Gasteiger partial charge in [0, 0.05) is 17.6 Å². The Bertz CT molecular complexity index is 839. The maximum Gasteiger partial charge on any atom is 0.321 e. The van der Waals surface area contributed by atoms with Gasteiger partial charge >= 0.3 is 6.03 Å². The van der Waals surface area contributed by atoms with Crippen LogP contribution in [0.2, 0.25) is 0 Å². The molecule has 2 amide bonds. The zero-order valence-corrected chi connectivity index (χ0v) is 16.8. The minimum absolute atomic E-state index is 0.0770. The van der Waals surface area contributed by atoms with Crippen molar-refractivity contribution in [1.29, 1.82) is 0 Å². The summed E-state index contributed by atoms with van der Waals surface area (Å²) in [5.41, 5.74) is 0.779. The highest BCUT2D eigenvalue weighted by Crippen LogP contribution is 2.31. The second-order valence-electron chi connectivity index (χ2n) is 9.14. The van der Waals surface area contributed by atoms with Gasteiger partial charge in [0.05, 0.1) is 6.04 Å². The van der Waals surface area contributed by atoms with Gasteiger partial charge < -0.3 is 9.80 Å². The largest absolute Gasteiger partial charge is 0.321 e. The SMILES string of the molecule is CC(C)(C)N1CC(/C=C/c2ccc3ccccc3c2)N(C(C)(C)C)C1=O. The van der Waals surface area contributed by atoms with Crippen LogP contribution < -0.4 is 0 Å². The first kappa shape index (κ1) is 18.5. The van der Waals surface area contributed by atoms with E-state index in [1.807, 2.05) is 9.80 Å². The Morgan fingerprint density at radius 1 is 0.923 bits per heavy atom. The molecule has 2 aromatic carbocycles. The quantitative estimate of drug-likeness (QED) is 0.696. The molecule has 3 nitrogen and oxygen atoms in total. The van der Waals surface area contributed by atoms with E-state index in [0.717, 1.165) is 6.54 Å². The van der Waals surface area contributed by atoms with E-state index in [0.29, 0.717) is 0 Å². The van der Waals surface area contributed by atoms with Crippen LogP contribution in [0.25, 0.3) is 16.8 Å². The van der Waals surface area contributed by atoms with Crippen LogP contribution in [0.15, 0.2) is 48.5 Å². The summed E-state index contributed by atoms with van der Waals surface area (Å²) in [6.45, 7) is 13.3. The van der Waals surface area contributed by atoms with Crippen molar-refractivity contribution in [2.75, 3.05) is 6.54 Å². The molecule has 0 aliphatic carbocycles. The van der Waals surface area contributed by atoms with Crippen LogP contribution in [0.3, 0.4) is 0 Å². The predicted octanol–water partition coefficient (Wildman–Crippen LogP) is 5.56. The fraction of sp³-hybridized carbons (Fsp3) is 0.435. The highest BCUT2D eigenvalue weighted by atomic mass is 16.2. The van der Waals surface area contributed by atoms with Crippen LogP contribution >= 0.6 is 0 Å². The van der Waals surface area contributed by atoms with Gasteiger partial charge in [-0.1, -0.05) is 48.6 Å². The first-order valence-electron chi connectivity index (χ1n) is 9.35. The van der Waals surface area contributed by atoms with Gasteiger partial charge in [-0.15, -0.1) is 0 Å². The number of fused-ring (bicyclic) bond motifs is 1. The van der Waals surface area contributed by atoms with Crippen molar-refractivity contribution in [1.82, 2.24) is 9.80 Å². The molecule has 0 N–H and O–H groups in total. The molecule has 1 saturated heterocycles. The number of carbonyl (C=O) groups excluding carboxylic acids is 1. The number of hydrogen-bond donors (Lipinski definition) is 0. The highest BCUT2D eigenvalue weighted by Gasteiger charge is 2.45. The first-order valence-corrected chi connectivity index (χ1v) is 9.35. The molecule has 3 rings (SSSR count). The third kappa shape index (κ3) is 3.62. The van der Waals surface area contributed by atoms with E-state index in [4.69, 9.17) is 0 Å². The number of urea groups is 1. The van der Waals surface area contributed by atoms with Gasteiger partial charge in [0.2, 0.25) is 0 Å². The van der Waals surface area contributed by atoms with Crippen molar-refractivity contribution in [3.8, 4) is 0 Å². The van der Waals surface area contributed by atoms with Crippen molar-refractivity contribution < 1.29 is 4.79 Å². The number of nitrogens with zero attached hydrogens (tertiary/aromatic N) is 2. The van der Waals surface area contributed by atoms with Crippen LogP contribution in [0.4, 0.5) is 4.79 Å². The lowest BCUT2D eigenvalue weighted by Crippen LogP contribution is -2.50. The first-order chi connectivity index (χ1) is 12.1. The summed E-state index contributed by atoms with van der Waals surface area (Å²) in [5, 5.41) is 2.48. The second kappa shape index (κ2) is 6.46. The third-order valence-corrected chi connectivity index (χ3v) is 4.96. The normalized spacial score (nSPS) is 19.2. The van der Waals surface area contributed by atoms with E-state index in [1.165, 1.54) is 16.3 Å². The van der Waals surface area contributed by atoms with Gasteiger partial charge in [-0.3, -0.25) is 0 Å². The predicted molar refractivity (Wildman–Crippen MR) is 110 cm³/mol. The van der Waals surface area contributed by atoms with Crippen molar-refractivity contribution in [3.63, 3.8) is 0 Å². The summed E-state index contributed by atoms with van der Waals surface area (Å²) in [6, 6.07) is 15.1. The molecule has 0 aromatic heterocycles. The topological polar surface area (TPSA) is 23.6 Å². The molecule has 1 atom stereocenters. The Balaban J connectivity index is 1.90. The average molecular weight is 351 g/mol. The maximum absolute atomic E-state index is 13.0. The van der Waals surface area contributed by atoms with E-state index in [2.05, 4.69) is 96.2 Å². The molecular weight excluding hydrogens is 320 g/mol. The van der Waals surface area contributed by atoms with Crippen molar-refractivity contribution in [2.45, 2.75) is 58.7 Å². The van der Waals surface area contributed by atoms with Gasteiger partial charge in [-0.25, -0.2) is 4.79 Å². The molecule has 0 spiro atoms. The summed E-state index contributed by atoms with van der Waals surface area (Å²) >= 11 is 0. The summed E-state index contributed by atoms with van der Waals surface area (Å²) in [7, 11) is 0. The smallest absolute Gasteiger partial charge is 0.317 e. The highest BCUT2D eigenvalue weighted by molar-refractivity contribution is 5.85. The minimum Gasteiger partial charge on any atom is -0.317 e. The molecule has 0 saturated carbocycles. The maximum atomic E-state index is 13.0. The van der Waals surface area contributed by atoms with Crippen LogP contribution in [0, 0.1) is 0 Å². The van der Waals surface area contributed by atoms with Crippen LogP contribution in [-0.2, 0) is 0 Å². The Morgan fingerprint density at radius 3 is 2.19 bits per heavy atom. The molecule has 1 heterocycles. The van der Waals surface area contributed by atoms with Crippen LogP contribution in [0.1, 0.15) is 47.1 Å². The molecule has 3 heteroatoms. The van der Waals surface area contributed by atoms with Crippen molar-refractivity contribution >= 4 is 22.9 Å². The van der Waals surface area contributed by atoms with Gasteiger partial charge in [0.15, 0.2) is 0 Å². The van der Waals surface area contributed by atoms with E-state index in [1.54, 1.807) is 0 Å². The number of rotatable bonds is 2. The molecule has 0 bridgehead atoms. The number of amides is 2. The fourth-order valence-corrected chi connectivity index (χ4v) is 3.64. The van der Waals surface area contributed by atoms with Crippen molar-refractivity contribution in [2.24, 2.45) is 0 Å². The van der Waals surface area contributed by atoms with E-state index < -0.39 is 0 Å². The monoisotopic (exact) mass is 350 g/mol. The molecule has 0 radical (unpaired) electrons. The lowest BCUT2D eigenvalue weighted by Gasteiger charge is -2.36. The molecule has 2 aromatic rings. The molecule has 1 aliphatic heterocycles. The molecular formula is C23H30N2O. The van der Waals surface area contributed by atoms with Gasteiger partial charge in [0.1, 0.15) is 0 Å². The van der Waals surface area contributed by atoms with E-state index >= 15 is 0 Å². The summed E-state index contributed by atoms with van der Waals surface area (Å²) in [6.07, 6.45) is 4.33. The fourth-order valence-electron chi connectivity index (χ4n) is 3.64. The van der Waals surface area contributed by atoms with Gasteiger partial charge in [-0.05, 0) is 63.9 Å². The summed E-state index contributed by atoms with van der Waals surface area (Å²) in [4.78, 5) is 17.0. The standard InChI is InChI=1S/C23H30N2O/c1-22(2,3)24-16-20(25(21(24)26)23(4,5)6)14-12-17-11-13-18-9-7-8-10-19(18)15-17/h7-15,20H,16H2,1-6H3/b14-12+. The van der Waals surface area contributed by atoms with Crippen LogP contribution in [-0.4, -0.2) is 39.5 Å². The third-order valence-electron chi connectivity index (χ3n) is 4.96. The lowest BCUT2D eigenvalue weighted by atomic mass is 10.0.